The zero-order valence-corrected chi connectivity index (χ0v) is 20.9. The molecule has 33 heavy (non-hydrogen) atoms. The molecule has 0 saturated carbocycles. The number of carbonyl (C=O) groups excluding carboxylic acids is 1. The number of hydrogen-bond donors (Lipinski definition) is 1. The second kappa shape index (κ2) is 11.0. The summed E-state index contributed by atoms with van der Waals surface area (Å²) in [6.45, 7) is 10.3. The zero-order valence-electron chi connectivity index (χ0n) is 19.3. The molecule has 0 saturated heterocycles. The van der Waals surface area contributed by atoms with Gasteiger partial charge in [-0.1, -0.05) is 55.4 Å². The minimum atomic E-state index is -0.533. The minimum absolute atomic E-state index is 0.0438. The van der Waals surface area contributed by atoms with E-state index in [0.29, 0.717) is 22.6 Å². The Morgan fingerprint density at radius 3 is 2.55 bits per heavy atom. The van der Waals surface area contributed by atoms with Gasteiger partial charge in [0.2, 0.25) is 5.91 Å². The second-order valence-electron chi connectivity index (χ2n) is 8.22. The van der Waals surface area contributed by atoms with Crippen LogP contribution in [0.15, 0.2) is 47.6 Å². The number of aromatic nitrogens is 3. The van der Waals surface area contributed by atoms with E-state index in [2.05, 4.69) is 35.4 Å². The third-order valence-electron chi connectivity index (χ3n) is 4.95. The molecule has 1 unspecified atom stereocenters. The van der Waals surface area contributed by atoms with Crippen LogP contribution in [0.1, 0.15) is 64.1 Å². The quantitative estimate of drug-likeness (QED) is 0.340. The van der Waals surface area contributed by atoms with E-state index in [1.165, 1.54) is 30.0 Å². The maximum atomic E-state index is 13.3. The molecule has 176 valence electrons. The number of benzene rings is 2. The van der Waals surface area contributed by atoms with Gasteiger partial charge >= 0.3 is 0 Å². The van der Waals surface area contributed by atoms with E-state index in [4.69, 9.17) is 16.3 Å². The SMILES string of the molecule is CC(C)c1ccccc1OC(C)c1nnc(SCC(=O)Nc2ccc(F)c(Cl)c2)n1C(C)C. The van der Waals surface area contributed by atoms with Crippen molar-refractivity contribution in [3.63, 3.8) is 0 Å². The van der Waals surface area contributed by atoms with E-state index in [-0.39, 0.29) is 28.8 Å². The molecule has 0 fully saturated rings. The van der Waals surface area contributed by atoms with Gasteiger partial charge in [0, 0.05) is 11.7 Å². The van der Waals surface area contributed by atoms with Gasteiger partial charge in [0.05, 0.1) is 10.8 Å². The smallest absolute Gasteiger partial charge is 0.234 e. The van der Waals surface area contributed by atoms with E-state index in [1.54, 1.807) is 0 Å². The fraction of sp³-hybridized carbons (Fsp3) is 0.375. The predicted molar refractivity (Wildman–Crippen MR) is 131 cm³/mol. The first-order valence-corrected chi connectivity index (χ1v) is 12.1. The van der Waals surface area contributed by atoms with Crippen molar-refractivity contribution in [3.05, 3.63) is 64.7 Å². The topological polar surface area (TPSA) is 69.0 Å². The minimum Gasteiger partial charge on any atom is -0.482 e. The number of nitrogens with one attached hydrogen (secondary N) is 1. The lowest BCUT2D eigenvalue weighted by Gasteiger charge is -2.21. The number of hydrogen-bond acceptors (Lipinski definition) is 5. The largest absolute Gasteiger partial charge is 0.482 e. The van der Waals surface area contributed by atoms with Crippen LogP contribution < -0.4 is 10.1 Å². The Kier molecular flexibility index (Phi) is 8.37. The average Bonchev–Trinajstić information content (AvgIpc) is 3.19. The van der Waals surface area contributed by atoms with Crippen LogP contribution in [-0.2, 0) is 4.79 Å². The molecule has 1 N–H and O–H groups in total. The molecule has 0 aliphatic carbocycles. The van der Waals surface area contributed by atoms with Gasteiger partial charge in [0.15, 0.2) is 17.1 Å². The summed E-state index contributed by atoms with van der Waals surface area (Å²) in [5.41, 5.74) is 1.57. The van der Waals surface area contributed by atoms with Crippen molar-refractivity contribution in [1.29, 1.82) is 0 Å². The molecule has 1 amide bonds. The van der Waals surface area contributed by atoms with Gasteiger partial charge in [-0.15, -0.1) is 10.2 Å². The number of thioether (sulfide) groups is 1. The lowest BCUT2D eigenvalue weighted by Crippen LogP contribution is -2.17. The van der Waals surface area contributed by atoms with Gasteiger partial charge in [-0.05, 0) is 56.5 Å². The lowest BCUT2D eigenvalue weighted by atomic mass is 10.0. The summed E-state index contributed by atoms with van der Waals surface area (Å²) in [6.07, 6.45) is -0.329. The monoisotopic (exact) mass is 490 g/mol. The highest BCUT2D eigenvalue weighted by Crippen LogP contribution is 2.32. The highest BCUT2D eigenvalue weighted by molar-refractivity contribution is 7.99. The van der Waals surface area contributed by atoms with Crippen LogP contribution >= 0.6 is 23.4 Å². The fourth-order valence-corrected chi connectivity index (χ4v) is 4.41. The number of nitrogens with zero attached hydrogens (tertiary/aromatic N) is 3. The molecule has 1 heterocycles. The number of ether oxygens (including phenoxy) is 1. The van der Waals surface area contributed by atoms with Crippen molar-refractivity contribution < 1.29 is 13.9 Å². The van der Waals surface area contributed by atoms with Crippen molar-refractivity contribution in [3.8, 4) is 5.75 Å². The molecule has 2 aromatic carbocycles. The Bertz CT molecular complexity index is 1120. The molecule has 9 heteroatoms. The standard InChI is InChI=1S/C24H28ClFN4O2S/c1-14(2)18-8-6-7-9-21(18)32-16(5)23-28-29-24(30(23)15(3)4)33-13-22(31)27-17-10-11-20(26)19(25)12-17/h6-12,14-16H,13H2,1-5H3,(H,27,31). The first kappa shape index (κ1) is 25.1. The highest BCUT2D eigenvalue weighted by atomic mass is 35.5. The maximum Gasteiger partial charge on any atom is 0.234 e. The summed E-state index contributed by atoms with van der Waals surface area (Å²) in [6, 6.07) is 12.1. The van der Waals surface area contributed by atoms with E-state index in [0.717, 1.165) is 11.3 Å². The molecule has 3 rings (SSSR count). The van der Waals surface area contributed by atoms with Crippen LogP contribution in [-0.4, -0.2) is 26.4 Å². The van der Waals surface area contributed by atoms with Crippen LogP contribution in [0.5, 0.6) is 5.75 Å². The summed E-state index contributed by atoms with van der Waals surface area (Å²) in [4.78, 5) is 12.4. The number of halogens is 2. The predicted octanol–water partition coefficient (Wildman–Crippen LogP) is 6.65. The Hall–Kier alpha value is -2.58. The van der Waals surface area contributed by atoms with Crippen LogP contribution in [0.4, 0.5) is 10.1 Å². The van der Waals surface area contributed by atoms with Crippen molar-refractivity contribution in [2.24, 2.45) is 0 Å². The highest BCUT2D eigenvalue weighted by Gasteiger charge is 2.23. The van der Waals surface area contributed by atoms with Crippen LogP contribution in [0, 0.1) is 5.82 Å². The molecule has 6 nitrogen and oxygen atoms in total. The third-order valence-corrected chi connectivity index (χ3v) is 6.18. The molecule has 3 aromatic rings. The van der Waals surface area contributed by atoms with E-state index in [9.17, 15) is 9.18 Å². The van der Waals surface area contributed by atoms with Crippen LogP contribution in [0.3, 0.4) is 0 Å². The molecule has 1 atom stereocenters. The van der Waals surface area contributed by atoms with E-state index >= 15 is 0 Å². The molecule has 0 bridgehead atoms. The second-order valence-corrected chi connectivity index (χ2v) is 9.57. The Morgan fingerprint density at radius 2 is 1.88 bits per heavy atom. The number of amides is 1. The molecular formula is C24H28ClFN4O2S. The summed E-state index contributed by atoms with van der Waals surface area (Å²) < 4.78 is 21.6. The van der Waals surface area contributed by atoms with Crippen molar-refractivity contribution >= 4 is 35.0 Å². The van der Waals surface area contributed by atoms with Gasteiger partial charge in [-0.2, -0.15) is 0 Å². The number of para-hydroxylation sites is 1. The van der Waals surface area contributed by atoms with Crippen LogP contribution in [0.2, 0.25) is 5.02 Å². The van der Waals surface area contributed by atoms with Gasteiger partial charge < -0.3 is 14.6 Å². The summed E-state index contributed by atoms with van der Waals surface area (Å²) >= 11 is 7.06. The molecule has 0 radical (unpaired) electrons. The van der Waals surface area contributed by atoms with Crippen molar-refractivity contribution in [2.75, 3.05) is 11.1 Å². The van der Waals surface area contributed by atoms with E-state index in [1.807, 2.05) is 43.5 Å². The van der Waals surface area contributed by atoms with E-state index < -0.39 is 5.82 Å². The number of rotatable bonds is 9. The first-order valence-electron chi connectivity index (χ1n) is 10.8. The Labute approximate surface area is 202 Å². The normalized spacial score (nSPS) is 12.3. The third kappa shape index (κ3) is 6.26. The zero-order chi connectivity index (χ0) is 24.1. The van der Waals surface area contributed by atoms with Crippen LogP contribution in [0.25, 0.3) is 0 Å². The summed E-state index contributed by atoms with van der Waals surface area (Å²) in [5.74, 6) is 1.18. The van der Waals surface area contributed by atoms with Gasteiger partial charge in [-0.3, -0.25) is 4.79 Å². The molecule has 1 aromatic heterocycles. The number of anilines is 1. The Morgan fingerprint density at radius 1 is 1.15 bits per heavy atom. The number of carbonyl (C=O) groups is 1. The van der Waals surface area contributed by atoms with Crippen molar-refractivity contribution in [1.82, 2.24) is 14.8 Å². The maximum absolute atomic E-state index is 13.3. The Balaban J connectivity index is 1.71. The lowest BCUT2D eigenvalue weighted by molar-refractivity contribution is -0.113. The summed E-state index contributed by atoms with van der Waals surface area (Å²) in [5, 5.41) is 12.0. The summed E-state index contributed by atoms with van der Waals surface area (Å²) in [7, 11) is 0. The molecule has 0 spiro atoms. The van der Waals surface area contributed by atoms with Crippen molar-refractivity contribution in [2.45, 2.75) is 57.8 Å². The van der Waals surface area contributed by atoms with Gasteiger partial charge in [0.25, 0.3) is 0 Å². The molecule has 0 aliphatic rings. The van der Waals surface area contributed by atoms with Gasteiger partial charge in [-0.25, -0.2) is 4.39 Å². The first-order chi connectivity index (χ1) is 15.7. The fourth-order valence-electron chi connectivity index (χ4n) is 3.36. The average molecular weight is 491 g/mol. The van der Waals surface area contributed by atoms with Gasteiger partial charge in [0.1, 0.15) is 11.6 Å². The molecular weight excluding hydrogens is 463 g/mol. The molecule has 0 aliphatic heterocycles.